The predicted octanol–water partition coefficient (Wildman–Crippen LogP) is 1.28. The minimum atomic E-state index is -2.27. The second-order valence-electron chi connectivity index (χ2n) is 7.91. The molecule has 2 atom stereocenters. The van der Waals surface area contributed by atoms with E-state index in [-0.39, 0.29) is 0 Å². The summed E-state index contributed by atoms with van der Waals surface area (Å²) < 4.78 is 1.97. The second kappa shape index (κ2) is 10.3. The Labute approximate surface area is 190 Å². The van der Waals surface area contributed by atoms with E-state index in [0.717, 1.165) is 31.0 Å². The van der Waals surface area contributed by atoms with Gasteiger partial charge in [-0.1, -0.05) is 47.2 Å². The van der Waals surface area contributed by atoms with Gasteiger partial charge in [0.1, 0.15) is 0 Å². The van der Waals surface area contributed by atoms with Gasteiger partial charge in [0.2, 0.25) is 0 Å². The van der Waals surface area contributed by atoms with Gasteiger partial charge in [-0.3, -0.25) is 4.90 Å². The summed E-state index contributed by atoms with van der Waals surface area (Å²) in [6.45, 7) is 7.05. The molecule has 10 nitrogen and oxygen atoms in total. The fourth-order valence-corrected chi connectivity index (χ4v) is 3.59. The van der Waals surface area contributed by atoms with E-state index in [1.165, 1.54) is 22.3 Å². The summed E-state index contributed by atoms with van der Waals surface area (Å²) in [5, 5.41) is 40.9. The molecule has 174 valence electrons. The highest BCUT2D eigenvalue weighted by Crippen LogP contribution is 2.25. The van der Waals surface area contributed by atoms with Crippen LogP contribution in [0.25, 0.3) is 5.69 Å². The van der Waals surface area contributed by atoms with Crippen molar-refractivity contribution in [2.45, 2.75) is 45.7 Å². The van der Waals surface area contributed by atoms with Gasteiger partial charge in [0.15, 0.2) is 12.2 Å². The maximum Gasteiger partial charge on any atom is 0.335 e. The highest BCUT2D eigenvalue weighted by Gasteiger charge is 2.29. The minimum Gasteiger partial charge on any atom is -0.479 e. The summed E-state index contributed by atoms with van der Waals surface area (Å²) in [6, 6.07) is 15.2. The number of fused-ring (bicyclic) bond motifs is 3. The normalized spacial score (nSPS) is 14.7. The number of hydrogen-bond donors (Lipinski definition) is 4. The molecule has 10 heteroatoms. The SMILES string of the molecule is Cc1ccc(CN2Cc3ccccc3-n3nncc3C2)c(C)c1.O=C(O)C(O)C(O)C(=O)O. The third kappa shape index (κ3) is 5.80. The Hall–Kier alpha value is -3.60. The molecule has 1 aliphatic rings. The molecule has 0 spiro atoms. The van der Waals surface area contributed by atoms with Crippen molar-refractivity contribution in [3.8, 4) is 5.69 Å². The van der Waals surface area contributed by atoms with Crippen LogP contribution in [0.2, 0.25) is 0 Å². The summed E-state index contributed by atoms with van der Waals surface area (Å²) >= 11 is 0. The summed E-state index contributed by atoms with van der Waals surface area (Å²) in [5.41, 5.74) is 7.63. The fourth-order valence-electron chi connectivity index (χ4n) is 3.59. The van der Waals surface area contributed by atoms with Crippen LogP contribution in [-0.4, -0.2) is 64.5 Å². The third-order valence-corrected chi connectivity index (χ3v) is 5.32. The summed E-state index contributed by atoms with van der Waals surface area (Å²) in [4.78, 5) is 22.0. The van der Waals surface area contributed by atoms with Gasteiger partial charge in [-0.2, -0.15) is 0 Å². The first kappa shape index (κ1) is 24.1. The molecule has 33 heavy (non-hydrogen) atoms. The number of nitrogens with zero attached hydrogens (tertiary/aromatic N) is 4. The number of carboxylic acid groups (broad SMARTS) is 2. The predicted molar refractivity (Wildman–Crippen MR) is 118 cm³/mol. The van der Waals surface area contributed by atoms with E-state index >= 15 is 0 Å². The van der Waals surface area contributed by atoms with Crippen molar-refractivity contribution < 1.29 is 30.0 Å². The molecule has 0 saturated carbocycles. The summed E-state index contributed by atoms with van der Waals surface area (Å²) in [6.07, 6.45) is -2.66. The van der Waals surface area contributed by atoms with Crippen molar-refractivity contribution in [1.29, 1.82) is 0 Å². The van der Waals surface area contributed by atoms with E-state index in [2.05, 4.69) is 71.5 Å². The Bertz CT molecular complexity index is 1130. The number of para-hydroxylation sites is 1. The molecule has 2 aromatic carbocycles. The zero-order chi connectivity index (χ0) is 24.1. The lowest BCUT2D eigenvalue weighted by atomic mass is 10.0. The van der Waals surface area contributed by atoms with Crippen molar-refractivity contribution in [1.82, 2.24) is 19.9 Å². The van der Waals surface area contributed by atoms with Gasteiger partial charge in [0.25, 0.3) is 0 Å². The summed E-state index contributed by atoms with van der Waals surface area (Å²) in [5.74, 6) is -3.54. The van der Waals surface area contributed by atoms with Crippen molar-refractivity contribution >= 4 is 11.9 Å². The van der Waals surface area contributed by atoms with Crippen LogP contribution >= 0.6 is 0 Å². The number of aliphatic carboxylic acids is 2. The van der Waals surface area contributed by atoms with E-state index in [1.807, 2.05) is 10.9 Å². The molecular weight excluding hydrogens is 428 g/mol. The number of aliphatic hydroxyl groups is 2. The molecule has 0 bridgehead atoms. The maximum atomic E-state index is 9.77. The molecule has 0 radical (unpaired) electrons. The number of carboxylic acids is 2. The van der Waals surface area contributed by atoms with E-state index in [0.29, 0.717) is 0 Å². The molecule has 0 aliphatic carbocycles. The maximum absolute atomic E-state index is 9.77. The fraction of sp³-hybridized carbons (Fsp3) is 0.304. The van der Waals surface area contributed by atoms with Crippen molar-refractivity contribution in [3.63, 3.8) is 0 Å². The Morgan fingerprint density at radius 2 is 1.67 bits per heavy atom. The van der Waals surface area contributed by atoms with Gasteiger partial charge in [-0.15, -0.1) is 5.10 Å². The largest absolute Gasteiger partial charge is 0.479 e. The van der Waals surface area contributed by atoms with Gasteiger partial charge in [-0.25, -0.2) is 14.3 Å². The minimum absolute atomic E-state index is 0.856. The molecule has 3 aromatic rings. The quantitative estimate of drug-likeness (QED) is 0.447. The summed E-state index contributed by atoms with van der Waals surface area (Å²) in [7, 11) is 0. The Morgan fingerprint density at radius 1 is 1.00 bits per heavy atom. The Balaban J connectivity index is 0.000000262. The van der Waals surface area contributed by atoms with Crippen LogP contribution in [0.1, 0.15) is 27.9 Å². The van der Waals surface area contributed by atoms with Crippen molar-refractivity contribution in [3.05, 3.63) is 76.6 Å². The molecule has 1 aliphatic heterocycles. The standard InChI is InChI=1S/C19H20N4.C4H6O6/c1-14-7-8-16(15(2)9-14)11-22-12-17-5-3-4-6-19(17)23-18(13-22)10-20-21-23;5-1(3(7)8)2(6)4(9)10/h3-10H,11-13H2,1-2H3;1-2,5-6H,(H,7,8)(H,9,10). The molecule has 4 rings (SSSR count). The average Bonchev–Trinajstić information content (AvgIpc) is 3.17. The molecule has 0 amide bonds. The van der Waals surface area contributed by atoms with Gasteiger partial charge < -0.3 is 20.4 Å². The van der Waals surface area contributed by atoms with E-state index < -0.39 is 24.1 Å². The first-order valence-electron chi connectivity index (χ1n) is 10.3. The molecule has 4 N–H and O–H groups in total. The van der Waals surface area contributed by atoms with Crippen LogP contribution in [0, 0.1) is 13.8 Å². The zero-order valence-electron chi connectivity index (χ0n) is 18.3. The number of aromatic nitrogens is 3. The number of aryl methyl sites for hydroxylation is 2. The van der Waals surface area contributed by atoms with Crippen LogP contribution in [0.3, 0.4) is 0 Å². The topological polar surface area (TPSA) is 149 Å². The molecule has 0 fully saturated rings. The number of benzene rings is 2. The Morgan fingerprint density at radius 3 is 2.30 bits per heavy atom. The lowest BCUT2D eigenvalue weighted by Crippen LogP contribution is -2.39. The third-order valence-electron chi connectivity index (χ3n) is 5.32. The van der Waals surface area contributed by atoms with E-state index in [1.54, 1.807) is 0 Å². The number of carbonyl (C=O) groups is 2. The number of hydrogen-bond acceptors (Lipinski definition) is 7. The van der Waals surface area contributed by atoms with Crippen LogP contribution in [0.5, 0.6) is 0 Å². The molecule has 0 saturated heterocycles. The van der Waals surface area contributed by atoms with Gasteiger partial charge in [0.05, 0.1) is 17.6 Å². The molecule has 2 heterocycles. The van der Waals surface area contributed by atoms with E-state index in [9.17, 15) is 9.59 Å². The van der Waals surface area contributed by atoms with E-state index in [4.69, 9.17) is 20.4 Å². The van der Waals surface area contributed by atoms with Crippen molar-refractivity contribution in [2.75, 3.05) is 0 Å². The second-order valence-corrected chi connectivity index (χ2v) is 7.91. The van der Waals surface area contributed by atoms with Crippen LogP contribution in [0.4, 0.5) is 0 Å². The van der Waals surface area contributed by atoms with Crippen molar-refractivity contribution in [2.24, 2.45) is 0 Å². The van der Waals surface area contributed by atoms with Crippen LogP contribution in [0.15, 0.2) is 48.7 Å². The smallest absolute Gasteiger partial charge is 0.335 e. The van der Waals surface area contributed by atoms with Crippen LogP contribution in [-0.2, 0) is 29.2 Å². The van der Waals surface area contributed by atoms with Gasteiger partial charge in [-0.05, 0) is 36.6 Å². The molecule has 1 aromatic heterocycles. The van der Waals surface area contributed by atoms with Crippen LogP contribution < -0.4 is 0 Å². The lowest BCUT2D eigenvalue weighted by molar-refractivity contribution is -0.165. The molecular formula is C23H26N4O6. The lowest BCUT2D eigenvalue weighted by Gasteiger charge is -2.21. The number of rotatable bonds is 5. The first-order valence-corrected chi connectivity index (χ1v) is 10.3. The number of aliphatic hydroxyl groups excluding tert-OH is 2. The highest BCUT2D eigenvalue weighted by molar-refractivity contribution is 5.83. The van der Waals surface area contributed by atoms with Gasteiger partial charge >= 0.3 is 11.9 Å². The first-order chi connectivity index (χ1) is 15.7. The average molecular weight is 454 g/mol. The Kier molecular flexibility index (Phi) is 7.54. The molecule has 2 unspecified atom stereocenters. The monoisotopic (exact) mass is 454 g/mol. The zero-order valence-corrected chi connectivity index (χ0v) is 18.3. The highest BCUT2D eigenvalue weighted by atomic mass is 16.4. The van der Waals surface area contributed by atoms with Gasteiger partial charge in [0, 0.05) is 19.6 Å².